The second kappa shape index (κ2) is 6.46. The van der Waals surface area contributed by atoms with Crippen molar-refractivity contribution in [1.82, 2.24) is 14.5 Å². The molecule has 0 N–H and O–H groups in total. The lowest BCUT2D eigenvalue weighted by Crippen LogP contribution is -2.46. The first-order chi connectivity index (χ1) is 12.1. The maximum Gasteiger partial charge on any atom is 0.204 e. The Morgan fingerprint density at radius 1 is 1.20 bits per heavy atom. The van der Waals surface area contributed by atoms with Gasteiger partial charge in [-0.05, 0) is 30.4 Å². The van der Waals surface area contributed by atoms with Crippen LogP contribution < -0.4 is 4.90 Å². The van der Waals surface area contributed by atoms with E-state index in [-0.39, 0.29) is 5.60 Å². The standard InChI is InChI=1S/C20H28N4O/c1-22(2)19-21-14-17(23(19)3)15-24-11-9-20(10-12-24)18-7-5-4-6-16(18)8-13-25-20/h4-7,14H,8-13,15H2,1-3H3. The van der Waals surface area contributed by atoms with Crippen LogP contribution in [0.4, 0.5) is 5.95 Å². The number of fused-ring (bicyclic) bond motifs is 2. The molecule has 0 aliphatic carbocycles. The molecule has 3 heterocycles. The van der Waals surface area contributed by atoms with Crippen LogP contribution in [0.25, 0.3) is 0 Å². The van der Waals surface area contributed by atoms with Crippen LogP contribution in [0.5, 0.6) is 0 Å². The first-order valence-electron chi connectivity index (χ1n) is 9.22. The number of ether oxygens (including phenoxy) is 1. The zero-order chi connectivity index (χ0) is 17.4. The Labute approximate surface area is 150 Å². The van der Waals surface area contributed by atoms with Gasteiger partial charge in [0.05, 0.1) is 24.1 Å². The summed E-state index contributed by atoms with van der Waals surface area (Å²) in [6, 6.07) is 8.84. The van der Waals surface area contributed by atoms with Crippen LogP contribution in [-0.4, -0.2) is 48.2 Å². The highest BCUT2D eigenvalue weighted by Crippen LogP contribution is 2.41. The fourth-order valence-electron chi connectivity index (χ4n) is 4.33. The second-order valence-electron chi connectivity index (χ2n) is 7.53. The predicted octanol–water partition coefficient (Wildman–Crippen LogP) is 2.55. The minimum atomic E-state index is -0.0629. The van der Waals surface area contributed by atoms with Crippen molar-refractivity contribution in [3.05, 3.63) is 47.3 Å². The van der Waals surface area contributed by atoms with E-state index in [1.165, 1.54) is 16.8 Å². The van der Waals surface area contributed by atoms with Crippen molar-refractivity contribution in [3.8, 4) is 0 Å². The SMILES string of the molecule is CN(C)c1ncc(CN2CCC3(CC2)OCCc2ccccc23)n1C. The van der Waals surface area contributed by atoms with Crippen molar-refractivity contribution in [3.63, 3.8) is 0 Å². The van der Waals surface area contributed by atoms with Crippen molar-refractivity contribution in [2.75, 3.05) is 38.7 Å². The van der Waals surface area contributed by atoms with E-state index >= 15 is 0 Å². The molecule has 1 aromatic carbocycles. The fourth-order valence-corrected chi connectivity index (χ4v) is 4.33. The molecule has 0 amide bonds. The van der Waals surface area contributed by atoms with Crippen LogP contribution in [0.1, 0.15) is 29.7 Å². The van der Waals surface area contributed by atoms with Crippen LogP contribution in [0.2, 0.25) is 0 Å². The smallest absolute Gasteiger partial charge is 0.204 e. The highest BCUT2D eigenvalue weighted by molar-refractivity contribution is 5.35. The topological polar surface area (TPSA) is 33.5 Å². The lowest BCUT2D eigenvalue weighted by Gasteiger charge is -2.45. The highest BCUT2D eigenvalue weighted by atomic mass is 16.5. The van der Waals surface area contributed by atoms with Gasteiger partial charge in [0.1, 0.15) is 0 Å². The summed E-state index contributed by atoms with van der Waals surface area (Å²) in [4.78, 5) is 9.12. The average molecular weight is 340 g/mol. The largest absolute Gasteiger partial charge is 0.370 e. The molecule has 25 heavy (non-hydrogen) atoms. The summed E-state index contributed by atoms with van der Waals surface area (Å²) in [5.74, 6) is 1.01. The molecule has 0 unspecified atom stereocenters. The molecule has 2 aliphatic rings. The molecular weight excluding hydrogens is 312 g/mol. The fraction of sp³-hybridized carbons (Fsp3) is 0.550. The summed E-state index contributed by atoms with van der Waals surface area (Å²) in [7, 11) is 6.17. The average Bonchev–Trinajstić information content (AvgIpc) is 2.98. The number of aromatic nitrogens is 2. The summed E-state index contributed by atoms with van der Waals surface area (Å²) in [6.07, 6.45) is 5.20. The first-order valence-corrected chi connectivity index (χ1v) is 9.22. The number of anilines is 1. The van der Waals surface area contributed by atoms with Gasteiger partial charge < -0.3 is 14.2 Å². The van der Waals surface area contributed by atoms with Gasteiger partial charge in [-0.25, -0.2) is 4.98 Å². The quantitative estimate of drug-likeness (QED) is 0.860. The molecule has 5 heteroatoms. The summed E-state index contributed by atoms with van der Waals surface area (Å²) in [5.41, 5.74) is 4.11. The number of piperidine rings is 1. The molecule has 2 aromatic rings. The van der Waals surface area contributed by atoms with Crippen LogP contribution in [-0.2, 0) is 30.4 Å². The van der Waals surface area contributed by atoms with E-state index in [2.05, 4.69) is 50.7 Å². The van der Waals surface area contributed by atoms with Crippen LogP contribution in [0.3, 0.4) is 0 Å². The van der Waals surface area contributed by atoms with Crippen molar-refractivity contribution in [2.24, 2.45) is 7.05 Å². The lowest BCUT2D eigenvalue weighted by atomic mass is 9.79. The van der Waals surface area contributed by atoms with Crippen molar-refractivity contribution < 1.29 is 4.74 Å². The molecule has 0 atom stereocenters. The maximum absolute atomic E-state index is 6.34. The molecule has 134 valence electrons. The minimum Gasteiger partial charge on any atom is -0.370 e. The normalized spacial score (nSPS) is 19.8. The van der Waals surface area contributed by atoms with E-state index in [9.17, 15) is 0 Å². The molecule has 1 spiro atoms. The number of rotatable bonds is 3. The zero-order valence-electron chi connectivity index (χ0n) is 15.5. The molecule has 1 aromatic heterocycles. The summed E-state index contributed by atoms with van der Waals surface area (Å²) in [5, 5.41) is 0. The Bertz CT molecular complexity index is 744. The number of benzene rings is 1. The Kier molecular flexibility index (Phi) is 4.29. The monoisotopic (exact) mass is 340 g/mol. The Morgan fingerprint density at radius 2 is 1.96 bits per heavy atom. The molecule has 0 radical (unpaired) electrons. The predicted molar refractivity (Wildman–Crippen MR) is 99.8 cm³/mol. The second-order valence-corrected chi connectivity index (χ2v) is 7.53. The number of hydrogen-bond donors (Lipinski definition) is 0. The van der Waals surface area contributed by atoms with Gasteiger partial charge in [0.25, 0.3) is 0 Å². The molecule has 0 bridgehead atoms. The molecule has 2 aliphatic heterocycles. The van der Waals surface area contributed by atoms with E-state index in [1.54, 1.807) is 0 Å². The lowest BCUT2D eigenvalue weighted by molar-refractivity contribution is -0.0990. The van der Waals surface area contributed by atoms with E-state index < -0.39 is 0 Å². The zero-order valence-corrected chi connectivity index (χ0v) is 15.5. The van der Waals surface area contributed by atoms with Gasteiger partial charge in [-0.15, -0.1) is 0 Å². The van der Waals surface area contributed by atoms with Crippen LogP contribution >= 0.6 is 0 Å². The van der Waals surface area contributed by atoms with Gasteiger partial charge in [-0.1, -0.05) is 24.3 Å². The molecule has 5 nitrogen and oxygen atoms in total. The Balaban J connectivity index is 1.46. The van der Waals surface area contributed by atoms with Gasteiger partial charge in [0, 0.05) is 40.8 Å². The summed E-state index contributed by atoms with van der Waals surface area (Å²) in [6.45, 7) is 3.94. The molecule has 4 rings (SSSR count). The summed E-state index contributed by atoms with van der Waals surface area (Å²) < 4.78 is 8.53. The van der Waals surface area contributed by atoms with E-state index in [4.69, 9.17) is 4.74 Å². The van der Waals surface area contributed by atoms with Gasteiger partial charge in [-0.2, -0.15) is 0 Å². The first kappa shape index (κ1) is 16.6. The van der Waals surface area contributed by atoms with Crippen LogP contribution in [0.15, 0.2) is 30.5 Å². The van der Waals surface area contributed by atoms with Gasteiger partial charge >= 0.3 is 0 Å². The third kappa shape index (κ3) is 2.96. The van der Waals surface area contributed by atoms with Crippen molar-refractivity contribution in [2.45, 2.75) is 31.4 Å². The summed E-state index contributed by atoms with van der Waals surface area (Å²) >= 11 is 0. The molecule has 0 saturated carbocycles. The molecular formula is C20H28N4O. The highest BCUT2D eigenvalue weighted by Gasteiger charge is 2.40. The molecule has 1 saturated heterocycles. The van der Waals surface area contributed by atoms with E-state index in [0.29, 0.717) is 0 Å². The third-order valence-corrected chi connectivity index (χ3v) is 5.77. The molecule has 1 fully saturated rings. The van der Waals surface area contributed by atoms with Crippen molar-refractivity contribution in [1.29, 1.82) is 0 Å². The number of imidazole rings is 1. The van der Waals surface area contributed by atoms with Gasteiger partial charge in [0.15, 0.2) is 0 Å². The maximum atomic E-state index is 6.34. The minimum absolute atomic E-state index is 0.0629. The third-order valence-electron chi connectivity index (χ3n) is 5.77. The van der Waals surface area contributed by atoms with Gasteiger partial charge in [-0.3, -0.25) is 4.90 Å². The Morgan fingerprint density at radius 3 is 2.68 bits per heavy atom. The van der Waals surface area contributed by atoms with E-state index in [0.717, 1.165) is 51.5 Å². The number of nitrogens with zero attached hydrogens (tertiary/aromatic N) is 4. The van der Waals surface area contributed by atoms with Gasteiger partial charge in [0.2, 0.25) is 5.95 Å². The number of hydrogen-bond acceptors (Lipinski definition) is 4. The van der Waals surface area contributed by atoms with E-state index in [1.807, 2.05) is 20.3 Å². The number of likely N-dealkylation sites (tertiary alicyclic amines) is 1. The van der Waals surface area contributed by atoms with Crippen molar-refractivity contribution >= 4 is 5.95 Å². The van der Waals surface area contributed by atoms with Crippen LogP contribution in [0, 0.1) is 0 Å². The Hall–Kier alpha value is -1.85.